The molecule has 3 heterocycles. The van der Waals surface area contributed by atoms with Gasteiger partial charge < -0.3 is 15.1 Å². The second-order valence-electron chi connectivity index (χ2n) is 7.52. The molecule has 1 fully saturated rings. The Morgan fingerprint density at radius 2 is 1.93 bits per heavy atom. The lowest BCUT2D eigenvalue weighted by atomic mass is 9.80. The normalized spacial score (nSPS) is 16.0. The van der Waals surface area contributed by atoms with Crippen molar-refractivity contribution < 1.29 is 14.0 Å². The summed E-state index contributed by atoms with van der Waals surface area (Å²) in [5, 5.41) is 6.66. The SMILES string of the molecule is CNC(=O)C1(NC(=O)c2sc3nc(-c4ccco4)nc(C)c3c2C)CCCCC1. The largest absolute Gasteiger partial charge is 0.461 e. The number of furan rings is 1. The van der Waals surface area contributed by atoms with E-state index in [1.54, 1.807) is 19.4 Å². The van der Waals surface area contributed by atoms with Crippen molar-refractivity contribution in [3.8, 4) is 11.6 Å². The summed E-state index contributed by atoms with van der Waals surface area (Å²) in [4.78, 5) is 36.3. The molecule has 0 atom stereocenters. The Morgan fingerprint density at radius 1 is 1.17 bits per heavy atom. The minimum Gasteiger partial charge on any atom is -0.461 e. The highest BCUT2D eigenvalue weighted by molar-refractivity contribution is 7.20. The first-order valence-corrected chi connectivity index (χ1v) is 10.6. The molecule has 0 aliphatic heterocycles. The second-order valence-corrected chi connectivity index (χ2v) is 8.52. The molecule has 8 heteroatoms. The third-order valence-corrected chi connectivity index (χ3v) is 6.82. The number of hydrogen-bond donors (Lipinski definition) is 2. The summed E-state index contributed by atoms with van der Waals surface area (Å²) in [5.41, 5.74) is 0.800. The van der Waals surface area contributed by atoms with Crippen LogP contribution in [0.25, 0.3) is 21.8 Å². The van der Waals surface area contributed by atoms with E-state index in [2.05, 4.69) is 20.6 Å². The number of nitrogens with one attached hydrogen (secondary N) is 2. The Kier molecular flexibility index (Phi) is 5.12. The first kappa shape index (κ1) is 19.6. The number of likely N-dealkylation sites (N-methyl/N-ethyl adjacent to an activating group) is 1. The number of thiophene rings is 1. The number of carbonyl (C=O) groups excluding carboxylic acids is 2. The maximum absolute atomic E-state index is 13.2. The van der Waals surface area contributed by atoms with E-state index in [1.807, 2.05) is 19.9 Å². The molecule has 4 rings (SSSR count). The van der Waals surface area contributed by atoms with Crippen LogP contribution in [0.15, 0.2) is 22.8 Å². The zero-order valence-corrected chi connectivity index (χ0v) is 17.6. The lowest BCUT2D eigenvalue weighted by molar-refractivity contribution is -0.128. The van der Waals surface area contributed by atoms with Gasteiger partial charge in [0.1, 0.15) is 10.4 Å². The topological polar surface area (TPSA) is 97.1 Å². The Hall–Kier alpha value is -2.74. The standard InChI is InChI=1S/C21H24N4O3S/c1-12-15-13(2)23-17(14-8-7-11-28-14)24-19(15)29-16(12)18(26)25-21(20(27)22-3)9-5-4-6-10-21/h7-8,11H,4-6,9-10H2,1-3H3,(H,22,27)(H,25,26). The first-order chi connectivity index (χ1) is 13.9. The minimum absolute atomic E-state index is 0.125. The number of fused-ring (bicyclic) bond motifs is 1. The van der Waals surface area contributed by atoms with Crippen LogP contribution < -0.4 is 10.6 Å². The van der Waals surface area contributed by atoms with E-state index < -0.39 is 5.54 Å². The van der Waals surface area contributed by atoms with Gasteiger partial charge >= 0.3 is 0 Å². The molecule has 1 aliphatic carbocycles. The molecule has 2 amide bonds. The van der Waals surface area contributed by atoms with Crippen molar-refractivity contribution in [2.45, 2.75) is 51.5 Å². The van der Waals surface area contributed by atoms with Gasteiger partial charge in [-0.25, -0.2) is 9.97 Å². The number of nitrogens with zero attached hydrogens (tertiary/aromatic N) is 2. The van der Waals surface area contributed by atoms with Gasteiger partial charge in [-0.1, -0.05) is 19.3 Å². The molecular weight excluding hydrogens is 388 g/mol. The van der Waals surface area contributed by atoms with Crippen LogP contribution in [0.1, 0.15) is 53.0 Å². The monoisotopic (exact) mass is 412 g/mol. The van der Waals surface area contributed by atoms with Gasteiger partial charge in [0.05, 0.1) is 16.8 Å². The molecule has 152 valence electrons. The van der Waals surface area contributed by atoms with Gasteiger partial charge in [-0.15, -0.1) is 11.3 Å². The van der Waals surface area contributed by atoms with Crippen LogP contribution in [-0.4, -0.2) is 34.4 Å². The van der Waals surface area contributed by atoms with E-state index in [-0.39, 0.29) is 11.8 Å². The summed E-state index contributed by atoms with van der Waals surface area (Å²) in [6.45, 7) is 3.81. The first-order valence-electron chi connectivity index (χ1n) is 9.81. The van der Waals surface area contributed by atoms with Crippen molar-refractivity contribution in [3.63, 3.8) is 0 Å². The van der Waals surface area contributed by atoms with E-state index in [0.29, 0.717) is 29.3 Å². The van der Waals surface area contributed by atoms with Crippen LogP contribution in [0, 0.1) is 13.8 Å². The lowest BCUT2D eigenvalue weighted by Crippen LogP contribution is -2.59. The molecule has 3 aromatic heterocycles. The third kappa shape index (κ3) is 3.42. The average molecular weight is 413 g/mol. The Balaban J connectivity index is 1.71. The van der Waals surface area contributed by atoms with E-state index in [0.717, 1.165) is 40.7 Å². The number of carbonyl (C=O) groups is 2. The van der Waals surface area contributed by atoms with Crippen molar-refractivity contribution in [2.24, 2.45) is 0 Å². The molecule has 1 saturated carbocycles. The van der Waals surface area contributed by atoms with Crippen LogP contribution in [0.4, 0.5) is 0 Å². The fraction of sp³-hybridized carbons (Fsp3) is 0.429. The van der Waals surface area contributed by atoms with E-state index in [1.165, 1.54) is 11.3 Å². The van der Waals surface area contributed by atoms with Gasteiger partial charge in [-0.3, -0.25) is 9.59 Å². The van der Waals surface area contributed by atoms with Crippen molar-refractivity contribution >= 4 is 33.4 Å². The third-order valence-electron chi connectivity index (χ3n) is 5.64. The Bertz CT molecular complexity index is 1070. The molecule has 0 bridgehead atoms. The summed E-state index contributed by atoms with van der Waals surface area (Å²) < 4.78 is 5.42. The molecule has 0 spiro atoms. The van der Waals surface area contributed by atoms with Crippen LogP contribution in [0.2, 0.25) is 0 Å². The fourth-order valence-electron chi connectivity index (χ4n) is 4.15. The fourth-order valence-corrected chi connectivity index (χ4v) is 5.28. The van der Waals surface area contributed by atoms with Crippen LogP contribution >= 0.6 is 11.3 Å². The molecule has 1 aliphatic rings. The van der Waals surface area contributed by atoms with Crippen LogP contribution in [-0.2, 0) is 4.79 Å². The van der Waals surface area contributed by atoms with Gasteiger partial charge in [0.2, 0.25) is 5.91 Å². The van der Waals surface area contributed by atoms with E-state index >= 15 is 0 Å². The summed E-state index contributed by atoms with van der Waals surface area (Å²) in [7, 11) is 1.62. The predicted molar refractivity (Wildman–Crippen MR) is 112 cm³/mol. The van der Waals surface area contributed by atoms with Crippen molar-refractivity contribution in [1.29, 1.82) is 0 Å². The van der Waals surface area contributed by atoms with E-state index in [9.17, 15) is 9.59 Å². The minimum atomic E-state index is -0.841. The van der Waals surface area contributed by atoms with Crippen LogP contribution in [0.3, 0.4) is 0 Å². The molecule has 0 saturated heterocycles. The molecule has 7 nitrogen and oxygen atoms in total. The molecule has 0 unspecified atom stereocenters. The Morgan fingerprint density at radius 3 is 2.59 bits per heavy atom. The van der Waals surface area contributed by atoms with Gasteiger partial charge in [0.15, 0.2) is 11.6 Å². The molecular formula is C21H24N4O3S. The summed E-state index contributed by atoms with van der Waals surface area (Å²) in [6.07, 6.45) is 5.83. The van der Waals surface area contributed by atoms with Crippen molar-refractivity contribution in [2.75, 3.05) is 7.05 Å². The summed E-state index contributed by atoms with van der Waals surface area (Å²) in [6, 6.07) is 3.60. The molecule has 0 aromatic carbocycles. The van der Waals surface area contributed by atoms with Gasteiger partial charge in [0, 0.05) is 12.4 Å². The number of rotatable bonds is 4. The molecule has 29 heavy (non-hydrogen) atoms. The lowest BCUT2D eigenvalue weighted by Gasteiger charge is -2.36. The number of aromatic nitrogens is 2. The maximum Gasteiger partial charge on any atom is 0.262 e. The summed E-state index contributed by atoms with van der Waals surface area (Å²) in [5.74, 6) is 0.741. The van der Waals surface area contributed by atoms with Gasteiger partial charge in [-0.05, 0) is 44.4 Å². The molecule has 3 aromatic rings. The summed E-state index contributed by atoms with van der Waals surface area (Å²) >= 11 is 1.33. The second kappa shape index (κ2) is 7.59. The van der Waals surface area contributed by atoms with Crippen LogP contribution in [0.5, 0.6) is 0 Å². The highest BCUT2D eigenvalue weighted by atomic mass is 32.1. The number of hydrogen-bond acceptors (Lipinski definition) is 6. The van der Waals surface area contributed by atoms with Crippen molar-refractivity contribution in [3.05, 3.63) is 34.5 Å². The van der Waals surface area contributed by atoms with Gasteiger partial charge in [0.25, 0.3) is 5.91 Å². The zero-order valence-electron chi connectivity index (χ0n) is 16.8. The Labute approximate surface area is 172 Å². The average Bonchev–Trinajstić information content (AvgIpc) is 3.36. The highest BCUT2D eigenvalue weighted by Crippen LogP contribution is 2.34. The molecule has 2 N–H and O–H groups in total. The predicted octanol–water partition coefficient (Wildman–Crippen LogP) is 3.75. The quantitative estimate of drug-likeness (QED) is 0.680. The zero-order chi connectivity index (χ0) is 20.6. The maximum atomic E-state index is 13.2. The van der Waals surface area contributed by atoms with E-state index in [4.69, 9.17) is 4.42 Å². The molecule has 0 radical (unpaired) electrons. The van der Waals surface area contributed by atoms with Gasteiger partial charge in [-0.2, -0.15) is 0 Å². The highest BCUT2D eigenvalue weighted by Gasteiger charge is 2.41. The smallest absolute Gasteiger partial charge is 0.262 e. The number of amides is 2. The van der Waals surface area contributed by atoms with Crippen molar-refractivity contribution in [1.82, 2.24) is 20.6 Å². The number of aryl methyl sites for hydroxylation is 2.